The number of carboxylic acids is 1. The Kier molecular flexibility index (Phi) is 6.14. The summed E-state index contributed by atoms with van der Waals surface area (Å²) in [5, 5.41) is 11.1. The van der Waals surface area contributed by atoms with Gasteiger partial charge in [0.2, 0.25) is 5.91 Å². The molecule has 2 N–H and O–H groups in total. The lowest BCUT2D eigenvalue weighted by molar-refractivity contribution is -0.133. The summed E-state index contributed by atoms with van der Waals surface area (Å²) in [5.41, 5.74) is 0.425. The molecule has 0 aliphatic heterocycles. The van der Waals surface area contributed by atoms with Crippen LogP contribution >= 0.6 is 11.8 Å². The van der Waals surface area contributed by atoms with E-state index < -0.39 is 5.97 Å². The number of carbonyl (C=O) groups excluding carboxylic acids is 1. The van der Waals surface area contributed by atoms with Gasteiger partial charge in [0.1, 0.15) is 0 Å². The molecule has 104 valence electrons. The molecule has 0 spiro atoms. The van der Waals surface area contributed by atoms with Gasteiger partial charge in [-0.1, -0.05) is 6.92 Å². The van der Waals surface area contributed by atoms with E-state index in [4.69, 9.17) is 5.11 Å². The number of aliphatic carboxylic acids is 1. The molecule has 0 aliphatic carbocycles. The lowest BCUT2D eigenvalue weighted by Gasteiger charge is -2.08. The van der Waals surface area contributed by atoms with Gasteiger partial charge in [-0.15, -0.1) is 11.8 Å². The van der Waals surface area contributed by atoms with Crippen molar-refractivity contribution in [3.8, 4) is 0 Å². The van der Waals surface area contributed by atoms with E-state index in [1.165, 1.54) is 16.7 Å². The van der Waals surface area contributed by atoms with Crippen LogP contribution in [-0.2, 0) is 16.1 Å². The van der Waals surface area contributed by atoms with Gasteiger partial charge in [0, 0.05) is 18.8 Å². The third kappa shape index (κ3) is 5.60. The Morgan fingerprint density at radius 1 is 1.37 bits per heavy atom. The lowest BCUT2D eigenvalue weighted by Crippen LogP contribution is -2.21. The van der Waals surface area contributed by atoms with Crippen LogP contribution in [0.5, 0.6) is 0 Å². The van der Waals surface area contributed by atoms with Gasteiger partial charge in [-0.3, -0.25) is 14.4 Å². The molecule has 1 heterocycles. The van der Waals surface area contributed by atoms with Crippen molar-refractivity contribution in [2.45, 2.75) is 19.9 Å². The van der Waals surface area contributed by atoms with Crippen molar-refractivity contribution in [3.63, 3.8) is 0 Å². The first-order valence-corrected chi connectivity index (χ1v) is 6.98. The molecule has 7 heteroatoms. The second-order valence-corrected chi connectivity index (χ2v) is 4.87. The standard InChI is InChI=1S/C12H16N2O4S/c1-2-5-14-6-9(3-4-11(14)16)13-10(15)7-19-8-12(17)18/h3-4,6H,2,5,7-8H2,1H3,(H,13,15)(H,17,18). The molecule has 0 saturated carbocycles. The summed E-state index contributed by atoms with van der Waals surface area (Å²) in [4.78, 5) is 33.3. The van der Waals surface area contributed by atoms with Crippen LogP contribution in [0.1, 0.15) is 13.3 Å². The fourth-order valence-corrected chi connectivity index (χ4v) is 1.98. The molecule has 1 rings (SSSR count). The number of anilines is 1. The Morgan fingerprint density at radius 2 is 2.11 bits per heavy atom. The van der Waals surface area contributed by atoms with Gasteiger partial charge in [0.25, 0.3) is 5.56 Å². The minimum atomic E-state index is -0.950. The fraction of sp³-hybridized carbons (Fsp3) is 0.417. The third-order valence-corrected chi connectivity index (χ3v) is 3.11. The first-order valence-electron chi connectivity index (χ1n) is 5.82. The Morgan fingerprint density at radius 3 is 2.74 bits per heavy atom. The summed E-state index contributed by atoms with van der Waals surface area (Å²) in [6, 6.07) is 2.93. The van der Waals surface area contributed by atoms with Gasteiger partial charge in [-0.05, 0) is 12.5 Å². The predicted molar refractivity (Wildman–Crippen MR) is 74.6 cm³/mol. The van der Waals surface area contributed by atoms with Gasteiger partial charge in [0.15, 0.2) is 0 Å². The Bertz CT molecular complexity index is 513. The molecule has 0 aromatic carbocycles. The van der Waals surface area contributed by atoms with Gasteiger partial charge in [0.05, 0.1) is 17.2 Å². The van der Waals surface area contributed by atoms with E-state index >= 15 is 0 Å². The summed E-state index contributed by atoms with van der Waals surface area (Å²) in [7, 11) is 0. The highest BCUT2D eigenvalue weighted by atomic mass is 32.2. The molecule has 6 nitrogen and oxygen atoms in total. The maximum Gasteiger partial charge on any atom is 0.313 e. The number of hydrogen-bond donors (Lipinski definition) is 2. The second-order valence-electron chi connectivity index (χ2n) is 3.88. The number of thioether (sulfide) groups is 1. The second kappa shape index (κ2) is 7.63. The normalized spacial score (nSPS) is 10.2. The van der Waals surface area contributed by atoms with Crippen molar-refractivity contribution in [2.75, 3.05) is 16.8 Å². The quantitative estimate of drug-likeness (QED) is 0.780. The molecule has 19 heavy (non-hydrogen) atoms. The van der Waals surface area contributed by atoms with Crippen molar-refractivity contribution in [1.29, 1.82) is 0 Å². The van der Waals surface area contributed by atoms with Crippen LogP contribution in [0.15, 0.2) is 23.1 Å². The molecule has 0 saturated heterocycles. The van der Waals surface area contributed by atoms with E-state index in [0.29, 0.717) is 12.2 Å². The van der Waals surface area contributed by atoms with Crippen LogP contribution in [0.3, 0.4) is 0 Å². The number of aryl methyl sites for hydroxylation is 1. The lowest BCUT2D eigenvalue weighted by atomic mass is 10.3. The number of carboxylic acid groups (broad SMARTS) is 1. The number of hydrogen-bond acceptors (Lipinski definition) is 4. The Labute approximate surface area is 114 Å². The summed E-state index contributed by atoms with van der Waals surface area (Å²) in [6.07, 6.45) is 2.41. The highest BCUT2D eigenvalue weighted by Gasteiger charge is 2.05. The molecule has 0 radical (unpaired) electrons. The van der Waals surface area contributed by atoms with Crippen molar-refractivity contribution in [2.24, 2.45) is 0 Å². The molecule has 0 bridgehead atoms. The van der Waals surface area contributed by atoms with E-state index in [1.807, 2.05) is 6.92 Å². The van der Waals surface area contributed by atoms with Crippen molar-refractivity contribution >= 4 is 29.3 Å². The van der Waals surface area contributed by atoms with E-state index in [9.17, 15) is 14.4 Å². The van der Waals surface area contributed by atoms with Crippen LogP contribution in [0, 0.1) is 0 Å². The van der Waals surface area contributed by atoms with Crippen molar-refractivity contribution in [3.05, 3.63) is 28.7 Å². The van der Waals surface area contributed by atoms with Gasteiger partial charge in [-0.25, -0.2) is 0 Å². The highest BCUT2D eigenvalue weighted by molar-refractivity contribution is 8.00. The molecule has 1 amide bonds. The van der Waals surface area contributed by atoms with Crippen LogP contribution in [0.4, 0.5) is 5.69 Å². The van der Waals surface area contributed by atoms with Crippen LogP contribution in [-0.4, -0.2) is 33.1 Å². The van der Waals surface area contributed by atoms with Crippen molar-refractivity contribution in [1.82, 2.24) is 4.57 Å². The molecule has 0 atom stereocenters. The van der Waals surface area contributed by atoms with Gasteiger partial charge in [-0.2, -0.15) is 0 Å². The van der Waals surface area contributed by atoms with Crippen LogP contribution in [0.25, 0.3) is 0 Å². The molecular formula is C12H16N2O4S. The molecule has 0 unspecified atom stereocenters. The van der Waals surface area contributed by atoms with Crippen molar-refractivity contribution < 1.29 is 14.7 Å². The minimum absolute atomic E-state index is 0.0687. The number of amides is 1. The number of rotatable bonds is 7. The average molecular weight is 284 g/mol. The fourth-order valence-electron chi connectivity index (χ4n) is 1.45. The highest BCUT2D eigenvalue weighted by Crippen LogP contribution is 2.06. The monoisotopic (exact) mass is 284 g/mol. The van der Waals surface area contributed by atoms with Gasteiger partial charge >= 0.3 is 5.97 Å². The summed E-state index contributed by atoms with van der Waals surface area (Å²) >= 11 is 1.03. The predicted octanol–water partition coefficient (Wildman–Crippen LogP) is 1.01. The zero-order valence-electron chi connectivity index (χ0n) is 10.6. The van der Waals surface area contributed by atoms with E-state index in [1.54, 1.807) is 6.20 Å². The Balaban J connectivity index is 2.56. The zero-order chi connectivity index (χ0) is 14.3. The smallest absolute Gasteiger partial charge is 0.313 e. The van der Waals surface area contributed by atoms with E-state index in [2.05, 4.69) is 5.32 Å². The number of aromatic nitrogens is 1. The Hall–Kier alpha value is -1.76. The maximum atomic E-state index is 11.5. The molecular weight excluding hydrogens is 268 g/mol. The number of carbonyl (C=O) groups is 2. The summed E-state index contributed by atoms with van der Waals surface area (Å²) in [6.45, 7) is 2.55. The van der Waals surface area contributed by atoms with Crippen LogP contribution in [0.2, 0.25) is 0 Å². The number of nitrogens with one attached hydrogen (secondary N) is 1. The van der Waals surface area contributed by atoms with E-state index in [0.717, 1.165) is 18.2 Å². The largest absolute Gasteiger partial charge is 0.481 e. The molecule has 0 aliphatic rings. The first kappa shape index (κ1) is 15.3. The minimum Gasteiger partial charge on any atom is -0.481 e. The third-order valence-electron chi connectivity index (χ3n) is 2.19. The molecule has 0 fully saturated rings. The zero-order valence-corrected chi connectivity index (χ0v) is 11.4. The van der Waals surface area contributed by atoms with Gasteiger partial charge < -0.3 is 15.0 Å². The molecule has 1 aromatic rings. The summed E-state index contributed by atoms with van der Waals surface area (Å²) < 4.78 is 1.53. The van der Waals surface area contributed by atoms with Crippen LogP contribution < -0.4 is 10.9 Å². The number of pyridine rings is 1. The van der Waals surface area contributed by atoms with E-state index in [-0.39, 0.29) is 23.0 Å². The summed E-state index contributed by atoms with van der Waals surface area (Å²) in [5.74, 6) is -1.27. The first-order chi connectivity index (χ1) is 9.02. The maximum absolute atomic E-state index is 11.5. The number of nitrogens with zero attached hydrogens (tertiary/aromatic N) is 1. The average Bonchev–Trinajstić information content (AvgIpc) is 2.33. The topological polar surface area (TPSA) is 88.4 Å². The molecule has 1 aromatic heterocycles. The SMILES string of the molecule is CCCn1cc(NC(=O)CSCC(=O)O)ccc1=O.